The van der Waals surface area contributed by atoms with E-state index in [1.807, 2.05) is 35.0 Å². The first-order valence-electron chi connectivity index (χ1n) is 9.16. The molecular formula is C19H24N4O3S. The maximum atomic E-state index is 11.9. The molecule has 7 nitrogen and oxygen atoms in total. The van der Waals surface area contributed by atoms with Crippen LogP contribution in [-0.4, -0.2) is 46.0 Å². The molecule has 0 spiro atoms. The number of aromatic nitrogens is 3. The van der Waals surface area contributed by atoms with Gasteiger partial charge in [0.2, 0.25) is 11.1 Å². The van der Waals surface area contributed by atoms with Crippen molar-refractivity contribution in [2.45, 2.75) is 43.2 Å². The number of rotatable bonds is 7. The molecule has 1 aromatic carbocycles. The Morgan fingerprint density at radius 1 is 1.22 bits per heavy atom. The van der Waals surface area contributed by atoms with E-state index in [2.05, 4.69) is 15.2 Å². The molecular weight excluding hydrogens is 364 g/mol. The predicted molar refractivity (Wildman–Crippen MR) is 103 cm³/mol. The number of hydrogen-bond acceptors (Lipinski definition) is 6. The van der Waals surface area contributed by atoms with Gasteiger partial charge < -0.3 is 10.1 Å². The molecule has 3 rings (SSSR count). The summed E-state index contributed by atoms with van der Waals surface area (Å²) in [4.78, 5) is 27.7. The fraction of sp³-hybridized carbons (Fsp3) is 0.474. The summed E-state index contributed by atoms with van der Waals surface area (Å²) in [7, 11) is 1.29. The highest BCUT2D eigenvalue weighted by molar-refractivity contribution is 7.99. The summed E-state index contributed by atoms with van der Waals surface area (Å²) in [5.41, 5.74) is 0.979. The highest BCUT2D eigenvalue weighted by atomic mass is 32.2. The molecule has 8 heteroatoms. The summed E-state index contributed by atoms with van der Waals surface area (Å²) < 4.78 is 6.42. The van der Waals surface area contributed by atoms with Crippen LogP contribution in [0.5, 0.6) is 0 Å². The van der Waals surface area contributed by atoms with Crippen LogP contribution in [0.15, 0.2) is 35.5 Å². The van der Waals surface area contributed by atoms with E-state index >= 15 is 0 Å². The topological polar surface area (TPSA) is 86.1 Å². The van der Waals surface area contributed by atoms with Gasteiger partial charge in [0.25, 0.3) is 0 Å². The second kappa shape index (κ2) is 9.55. The number of benzene rings is 1. The van der Waals surface area contributed by atoms with Crippen molar-refractivity contribution < 1.29 is 14.3 Å². The van der Waals surface area contributed by atoms with E-state index in [-0.39, 0.29) is 18.2 Å². The largest absolute Gasteiger partial charge is 0.468 e. The minimum absolute atomic E-state index is 0.130. The first kappa shape index (κ1) is 19.4. The van der Waals surface area contributed by atoms with Crippen molar-refractivity contribution in [2.24, 2.45) is 0 Å². The normalized spacial score (nSPS) is 14.7. The van der Waals surface area contributed by atoms with E-state index in [9.17, 15) is 9.59 Å². The molecule has 1 aliphatic carbocycles. The van der Waals surface area contributed by atoms with Crippen LogP contribution in [0.1, 0.15) is 43.8 Å². The molecule has 0 unspecified atom stereocenters. The van der Waals surface area contributed by atoms with Crippen molar-refractivity contribution in [3.8, 4) is 5.69 Å². The number of nitrogens with zero attached hydrogens (tertiary/aromatic N) is 3. The van der Waals surface area contributed by atoms with Gasteiger partial charge in [0, 0.05) is 5.92 Å². The summed E-state index contributed by atoms with van der Waals surface area (Å²) >= 11 is 1.27. The second-order valence-electron chi connectivity index (χ2n) is 6.48. The molecule has 1 amide bonds. The van der Waals surface area contributed by atoms with E-state index in [1.54, 1.807) is 0 Å². The quantitative estimate of drug-likeness (QED) is 0.580. The maximum absolute atomic E-state index is 11.9. The lowest BCUT2D eigenvalue weighted by Gasteiger charge is -2.21. The highest BCUT2D eigenvalue weighted by Gasteiger charge is 2.23. The van der Waals surface area contributed by atoms with Gasteiger partial charge in [-0.1, -0.05) is 49.2 Å². The number of amides is 1. The zero-order valence-electron chi connectivity index (χ0n) is 15.4. The Morgan fingerprint density at radius 3 is 2.67 bits per heavy atom. The average molecular weight is 388 g/mol. The van der Waals surface area contributed by atoms with E-state index < -0.39 is 5.97 Å². The summed E-state index contributed by atoms with van der Waals surface area (Å²) in [6, 6.07) is 9.96. The van der Waals surface area contributed by atoms with Crippen molar-refractivity contribution in [2.75, 3.05) is 19.4 Å². The van der Waals surface area contributed by atoms with E-state index in [0.29, 0.717) is 11.1 Å². The molecule has 27 heavy (non-hydrogen) atoms. The average Bonchev–Trinajstić information content (AvgIpc) is 3.16. The molecule has 2 aromatic rings. The Morgan fingerprint density at radius 2 is 1.96 bits per heavy atom. The number of carbonyl (C=O) groups is 2. The molecule has 1 aromatic heterocycles. The van der Waals surface area contributed by atoms with Crippen molar-refractivity contribution in [1.29, 1.82) is 0 Å². The first-order valence-corrected chi connectivity index (χ1v) is 10.1. The van der Waals surface area contributed by atoms with Gasteiger partial charge in [-0.2, -0.15) is 0 Å². The lowest BCUT2D eigenvalue weighted by Crippen LogP contribution is -2.31. The Kier molecular flexibility index (Phi) is 6.86. The summed E-state index contributed by atoms with van der Waals surface area (Å²) in [5, 5.41) is 7.74. The molecule has 144 valence electrons. The van der Waals surface area contributed by atoms with Gasteiger partial charge in [-0.15, -0.1) is 5.10 Å². The number of esters is 1. The van der Waals surface area contributed by atoms with Crippen LogP contribution >= 0.6 is 11.8 Å². The number of carbonyl (C=O) groups excluding carboxylic acids is 2. The molecule has 1 heterocycles. The third-order valence-corrected chi connectivity index (χ3v) is 5.41. The van der Waals surface area contributed by atoms with Gasteiger partial charge >= 0.3 is 5.97 Å². The molecule has 0 bridgehead atoms. The fourth-order valence-electron chi connectivity index (χ4n) is 3.17. The Balaban J connectivity index is 1.71. The van der Waals surface area contributed by atoms with Gasteiger partial charge in [0.05, 0.1) is 18.6 Å². The smallest absolute Gasteiger partial charge is 0.325 e. The molecule has 0 aliphatic heterocycles. The Bertz CT molecular complexity index is 773. The molecule has 0 saturated heterocycles. The fourth-order valence-corrected chi connectivity index (χ4v) is 3.83. The number of hydrogen-bond donors (Lipinski definition) is 1. The van der Waals surface area contributed by atoms with Crippen LogP contribution in [0, 0.1) is 0 Å². The van der Waals surface area contributed by atoms with Crippen LogP contribution in [0.3, 0.4) is 0 Å². The number of para-hydroxylation sites is 1. The first-order chi connectivity index (χ1) is 13.2. The third-order valence-electron chi connectivity index (χ3n) is 4.57. The second-order valence-corrected chi connectivity index (χ2v) is 7.42. The monoisotopic (exact) mass is 388 g/mol. The number of ether oxygens (including phenoxy) is 1. The number of thioether (sulfide) groups is 1. The molecule has 1 saturated carbocycles. The van der Waals surface area contributed by atoms with Crippen molar-refractivity contribution in [3.63, 3.8) is 0 Å². The molecule has 1 N–H and O–H groups in total. The molecule has 1 fully saturated rings. The van der Waals surface area contributed by atoms with E-state index in [4.69, 9.17) is 4.98 Å². The lowest BCUT2D eigenvalue weighted by molar-refractivity contribution is -0.140. The van der Waals surface area contributed by atoms with E-state index in [0.717, 1.165) is 24.4 Å². The van der Waals surface area contributed by atoms with Crippen LogP contribution < -0.4 is 5.32 Å². The Labute approximate surface area is 162 Å². The Hall–Kier alpha value is -2.35. The van der Waals surface area contributed by atoms with Gasteiger partial charge in [-0.05, 0) is 25.0 Å². The molecule has 0 atom stereocenters. The van der Waals surface area contributed by atoms with Crippen LogP contribution in [0.4, 0.5) is 0 Å². The lowest BCUT2D eigenvalue weighted by atomic mass is 9.88. The SMILES string of the molecule is COC(=O)CNC(=O)CSc1nc(C2CCCCC2)n(-c2ccccc2)n1. The summed E-state index contributed by atoms with van der Waals surface area (Å²) in [6.45, 7) is -0.130. The van der Waals surface area contributed by atoms with Gasteiger partial charge in [-0.3, -0.25) is 9.59 Å². The summed E-state index contributed by atoms with van der Waals surface area (Å²) in [5.74, 6) is 0.798. The maximum Gasteiger partial charge on any atom is 0.325 e. The van der Waals surface area contributed by atoms with Gasteiger partial charge in [0.15, 0.2) is 0 Å². The number of nitrogens with one attached hydrogen (secondary N) is 1. The highest BCUT2D eigenvalue weighted by Crippen LogP contribution is 2.33. The zero-order valence-corrected chi connectivity index (χ0v) is 16.2. The van der Waals surface area contributed by atoms with Crippen molar-refractivity contribution >= 4 is 23.6 Å². The van der Waals surface area contributed by atoms with Crippen molar-refractivity contribution in [3.05, 3.63) is 36.2 Å². The van der Waals surface area contributed by atoms with Crippen molar-refractivity contribution in [1.82, 2.24) is 20.1 Å². The van der Waals surface area contributed by atoms with E-state index in [1.165, 1.54) is 38.1 Å². The predicted octanol–water partition coefficient (Wildman–Crippen LogP) is 2.70. The third kappa shape index (κ3) is 5.32. The van der Waals surface area contributed by atoms with Crippen LogP contribution in [-0.2, 0) is 14.3 Å². The van der Waals surface area contributed by atoms with Crippen LogP contribution in [0.25, 0.3) is 5.69 Å². The van der Waals surface area contributed by atoms with Gasteiger partial charge in [0.1, 0.15) is 12.4 Å². The standard InChI is InChI=1S/C19H24N4O3S/c1-26-17(25)12-20-16(24)13-27-19-21-18(14-8-4-2-5-9-14)23(22-19)15-10-6-3-7-11-15/h3,6-7,10-11,14H,2,4-5,8-9,12-13H2,1H3,(H,20,24). The number of methoxy groups -OCH3 is 1. The minimum atomic E-state index is -0.473. The molecule has 1 aliphatic rings. The summed E-state index contributed by atoms with van der Waals surface area (Å²) in [6.07, 6.45) is 5.94. The zero-order chi connectivity index (χ0) is 19.1. The van der Waals surface area contributed by atoms with Gasteiger partial charge in [-0.25, -0.2) is 9.67 Å². The van der Waals surface area contributed by atoms with Crippen LogP contribution in [0.2, 0.25) is 0 Å². The minimum Gasteiger partial charge on any atom is -0.468 e. The molecule has 0 radical (unpaired) electrons.